The van der Waals surface area contributed by atoms with Gasteiger partial charge in [-0.05, 0) is 66.2 Å². The van der Waals surface area contributed by atoms with Crippen molar-refractivity contribution in [1.29, 1.82) is 10.5 Å². The van der Waals surface area contributed by atoms with Crippen LogP contribution in [0.3, 0.4) is 0 Å². The smallest absolute Gasteiger partial charge is 0.125 e. The zero-order chi connectivity index (χ0) is 29.1. The lowest BCUT2D eigenvalue weighted by Crippen LogP contribution is -2.02. The average molecular weight is 553 g/mol. The van der Waals surface area contributed by atoms with E-state index in [0.717, 1.165) is 54.9 Å². The van der Waals surface area contributed by atoms with E-state index in [2.05, 4.69) is 53.1 Å². The van der Waals surface area contributed by atoms with E-state index in [1.165, 1.54) is 12.1 Å². The summed E-state index contributed by atoms with van der Waals surface area (Å²) in [5.74, 6) is -0.481. The van der Waals surface area contributed by atoms with E-state index in [1.807, 2.05) is 77.4 Å². The molecule has 0 amide bonds. The molecule has 0 aliphatic heterocycles. The number of halogens is 1. The summed E-state index contributed by atoms with van der Waals surface area (Å²) in [4.78, 5) is 0. The minimum absolute atomic E-state index is 0.226. The van der Waals surface area contributed by atoms with Crippen LogP contribution in [0, 0.1) is 28.5 Å². The van der Waals surface area contributed by atoms with Crippen LogP contribution in [0.4, 0.5) is 4.39 Å². The molecule has 0 unspecified atom stereocenters. The number of nitrogens with zero attached hydrogens (tertiary/aromatic N) is 4. The van der Waals surface area contributed by atoms with Crippen molar-refractivity contribution in [2.75, 3.05) is 0 Å². The van der Waals surface area contributed by atoms with Crippen LogP contribution in [0.5, 0.6) is 0 Å². The van der Waals surface area contributed by atoms with Crippen LogP contribution in [-0.4, -0.2) is 9.13 Å². The van der Waals surface area contributed by atoms with Gasteiger partial charge in [-0.1, -0.05) is 66.7 Å². The molecule has 0 saturated carbocycles. The molecule has 6 aromatic carbocycles. The Morgan fingerprint density at radius 3 is 1.77 bits per heavy atom. The van der Waals surface area contributed by atoms with E-state index >= 15 is 4.39 Å². The van der Waals surface area contributed by atoms with E-state index in [9.17, 15) is 10.5 Å². The van der Waals surface area contributed by atoms with Crippen molar-refractivity contribution in [3.63, 3.8) is 0 Å². The number of para-hydroxylation sites is 3. The molecule has 2 aromatic heterocycles. The zero-order valence-electron chi connectivity index (χ0n) is 22.8. The first-order chi connectivity index (χ1) is 21.2. The van der Waals surface area contributed by atoms with E-state index in [-0.39, 0.29) is 5.56 Å². The molecular formula is C38H21FN4. The van der Waals surface area contributed by atoms with Crippen molar-refractivity contribution in [3.05, 3.63) is 144 Å². The predicted molar refractivity (Wildman–Crippen MR) is 170 cm³/mol. The number of nitriles is 2. The minimum Gasteiger partial charge on any atom is -0.309 e. The molecule has 4 nitrogen and oxygen atoms in total. The fraction of sp³-hybridized carbons (Fsp3) is 0. The Morgan fingerprint density at radius 2 is 1.12 bits per heavy atom. The van der Waals surface area contributed by atoms with E-state index in [4.69, 9.17) is 0 Å². The third-order valence-corrected chi connectivity index (χ3v) is 8.22. The van der Waals surface area contributed by atoms with Gasteiger partial charge in [-0.3, -0.25) is 0 Å². The molecule has 0 aliphatic carbocycles. The summed E-state index contributed by atoms with van der Waals surface area (Å²) in [5.41, 5.74) is 7.55. The molecular weight excluding hydrogens is 531 g/mol. The highest BCUT2D eigenvalue weighted by atomic mass is 19.1. The number of fused-ring (bicyclic) bond motifs is 6. The molecule has 8 aromatic rings. The largest absolute Gasteiger partial charge is 0.309 e. The Labute approximate surface area is 246 Å². The molecule has 0 atom stereocenters. The molecule has 0 saturated heterocycles. The third-order valence-electron chi connectivity index (χ3n) is 8.22. The molecule has 0 aliphatic rings. The number of hydrogen-bond acceptors (Lipinski definition) is 2. The lowest BCUT2D eigenvalue weighted by Gasteiger charge is -2.17. The Hall–Kier alpha value is -6.17. The van der Waals surface area contributed by atoms with Gasteiger partial charge in [0.25, 0.3) is 0 Å². The molecule has 5 heteroatoms. The highest BCUT2D eigenvalue weighted by Crippen LogP contribution is 2.40. The van der Waals surface area contributed by atoms with Crippen LogP contribution in [0.25, 0.3) is 66.1 Å². The number of aromatic nitrogens is 2. The van der Waals surface area contributed by atoms with Gasteiger partial charge in [0, 0.05) is 32.8 Å². The second-order valence-corrected chi connectivity index (χ2v) is 10.6. The van der Waals surface area contributed by atoms with Crippen LogP contribution >= 0.6 is 0 Å². The topological polar surface area (TPSA) is 57.4 Å². The maximum absolute atomic E-state index is 15.2. The predicted octanol–water partition coefficient (Wildman–Crippen LogP) is 9.43. The number of rotatable bonds is 3. The molecule has 0 fully saturated rings. The fourth-order valence-electron chi connectivity index (χ4n) is 6.44. The Balaban J connectivity index is 1.44. The van der Waals surface area contributed by atoms with Crippen LogP contribution in [0.2, 0.25) is 0 Å². The molecule has 2 heterocycles. The lowest BCUT2D eigenvalue weighted by atomic mass is 9.98. The number of benzene rings is 6. The lowest BCUT2D eigenvalue weighted by molar-refractivity contribution is 0.627. The molecule has 200 valence electrons. The Bertz CT molecular complexity index is 2450. The first-order valence-corrected chi connectivity index (χ1v) is 13.9. The van der Waals surface area contributed by atoms with Crippen molar-refractivity contribution in [3.8, 4) is 34.6 Å². The molecule has 0 bridgehead atoms. The van der Waals surface area contributed by atoms with E-state index in [1.54, 1.807) is 6.07 Å². The van der Waals surface area contributed by atoms with Gasteiger partial charge in [0.2, 0.25) is 0 Å². The standard InChI is InChI=1S/C38H21FN4/c39-27-19-26(23-41)38(43-36-15-6-3-12-31(36)33-18-24(22-40)16-17-37(33)43)32(21-27)25-8-7-9-28(20-25)42-34-13-4-1-10-29(34)30-11-2-5-14-35(30)42/h1-21H. The van der Waals surface area contributed by atoms with Gasteiger partial charge in [-0.2, -0.15) is 10.5 Å². The summed E-state index contributed by atoms with van der Waals surface area (Å²) in [5, 5.41) is 24.1. The van der Waals surface area contributed by atoms with Crippen LogP contribution in [-0.2, 0) is 0 Å². The summed E-state index contributed by atoms with van der Waals surface area (Å²) in [6, 6.07) is 45.4. The summed E-state index contributed by atoms with van der Waals surface area (Å²) in [6.45, 7) is 0. The summed E-state index contributed by atoms with van der Waals surface area (Å²) < 4.78 is 19.5. The maximum Gasteiger partial charge on any atom is 0.125 e. The first-order valence-electron chi connectivity index (χ1n) is 13.9. The van der Waals surface area contributed by atoms with Gasteiger partial charge in [0.1, 0.15) is 11.9 Å². The molecule has 0 radical (unpaired) electrons. The van der Waals surface area contributed by atoms with Crippen LogP contribution < -0.4 is 0 Å². The summed E-state index contributed by atoms with van der Waals surface area (Å²) in [7, 11) is 0. The van der Waals surface area contributed by atoms with Crippen molar-refractivity contribution in [2.24, 2.45) is 0 Å². The second-order valence-electron chi connectivity index (χ2n) is 10.6. The van der Waals surface area contributed by atoms with Gasteiger partial charge in [-0.15, -0.1) is 0 Å². The van der Waals surface area contributed by atoms with Gasteiger partial charge >= 0.3 is 0 Å². The highest BCUT2D eigenvalue weighted by molar-refractivity contribution is 6.11. The van der Waals surface area contributed by atoms with Crippen molar-refractivity contribution in [1.82, 2.24) is 9.13 Å². The maximum atomic E-state index is 15.2. The minimum atomic E-state index is -0.481. The van der Waals surface area contributed by atoms with Gasteiger partial charge < -0.3 is 9.13 Å². The molecule has 43 heavy (non-hydrogen) atoms. The second kappa shape index (κ2) is 9.45. The highest BCUT2D eigenvalue weighted by Gasteiger charge is 2.21. The average Bonchev–Trinajstić information content (AvgIpc) is 3.57. The SMILES string of the molecule is N#Cc1ccc2c(c1)c1ccccc1n2-c1c(C#N)cc(F)cc1-c1cccc(-n2c3ccccc3c3ccccc32)c1. The van der Waals surface area contributed by atoms with Crippen molar-refractivity contribution < 1.29 is 4.39 Å². The monoisotopic (exact) mass is 552 g/mol. The van der Waals surface area contributed by atoms with Gasteiger partial charge in [0.05, 0.1) is 45.0 Å². The Kier molecular flexibility index (Phi) is 5.41. The Morgan fingerprint density at radius 1 is 0.512 bits per heavy atom. The van der Waals surface area contributed by atoms with E-state index < -0.39 is 5.82 Å². The molecule has 0 N–H and O–H groups in total. The fourth-order valence-corrected chi connectivity index (χ4v) is 6.44. The van der Waals surface area contributed by atoms with Gasteiger partial charge in [-0.25, -0.2) is 4.39 Å². The zero-order valence-corrected chi connectivity index (χ0v) is 22.8. The summed E-state index contributed by atoms with van der Waals surface area (Å²) in [6.07, 6.45) is 0. The van der Waals surface area contributed by atoms with Gasteiger partial charge in [0.15, 0.2) is 0 Å². The van der Waals surface area contributed by atoms with Crippen molar-refractivity contribution in [2.45, 2.75) is 0 Å². The first kappa shape index (κ1) is 24.6. The normalized spacial score (nSPS) is 11.3. The quantitative estimate of drug-likeness (QED) is 0.219. The molecule has 0 spiro atoms. The van der Waals surface area contributed by atoms with Crippen LogP contribution in [0.15, 0.2) is 127 Å². The third kappa shape index (κ3) is 3.66. The molecule has 8 rings (SSSR count). The number of hydrogen-bond donors (Lipinski definition) is 0. The van der Waals surface area contributed by atoms with Crippen LogP contribution in [0.1, 0.15) is 11.1 Å². The van der Waals surface area contributed by atoms with Crippen molar-refractivity contribution >= 4 is 43.6 Å². The summed E-state index contributed by atoms with van der Waals surface area (Å²) >= 11 is 0. The van der Waals surface area contributed by atoms with E-state index in [0.29, 0.717) is 16.8 Å².